The van der Waals surface area contributed by atoms with Crippen LogP contribution in [0.25, 0.3) is 10.9 Å². The van der Waals surface area contributed by atoms with Crippen LogP contribution in [0, 0.1) is 16.7 Å². The van der Waals surface area contributed by atoms with Gasteiger partial charge in [-0.1, -0.05) is 42.8 Å². The number of hydrogen-bond donors (Lipinski definition) is 0. The van der Waals surface area contributed by atoms with Crippen molar-refractivity contribution >= 4 is 26.8 Å². The highest BCUT2D eigenvalue weighted by atomic mass is 79.9. The number of hydrogen-bond acceptors (Lipinski definition) is 1. The first-order chi connectivity index (χ1) is 7.90. The van der Waals surface area contributed by atoms with Gasteiger partial charge in [0, 0.05) is 22.6 Å². The van der Waals surface area contributed by atoms with Gasteiger partial charge in [0.2, 0.25) is 0 Å². The number of nitrogens with zero attached hydrogens (tertiary/aromatic N) is 2. The molecule has 1 heterocycles. The van der Waals surface area contributed by atoms with Crippen LogP contribution in [0.4, 0.5) is 0 Å². The summed E-state index contributed by atoms with van der Waals surface area (Å²) in [5, 5.41) is 10.2. The fraction of sp³-hybridized carbons (Fsp3) is 0.357. The van der Waals surface area contributed by atoms with Gasteiger partial charge in [-0.3, -0.25) is 0 Å². The first-order valence-corrected chi connectivity index (χ1v) is 6.38. The summed E-state index contributed by atoms with van der Waals surface area (Å²) in [6, 6.07) is 8.30. The normalized spacial score (nSPS) is 11.7. The Morgan fingerprint density at radius 1 is 1.35 bits per heavy atom. The van der Waals surface area contributed by atoms with E-state index in [1.54, 1.807) is 0 Å². The summed E-state index contributed by atoms with van der Waals surface area (Å²) in [6.45, 7) is 7.50. The SMILES string of the molecule is CC(C)(C)Cn1cc(C#N)c2ccc(Br)cc21. The standard InChI is InChI=1S/C14H15BrN2/c1-14(2,3)9-17-8-10(7-16)12-5-4-11(15)6-13(12)17/h4-6,8H,9H2,1-3H3. The third-order valence-electron chi connectivity index (χ3n) is 2.61. The smallest absolute Gasteiger partial charge is 0.101 e. The van der Waals surface area contributed by atoms with Gasteiger partial charge < -0.3 is 4.57 Å². The molecule has 2 rings (SSSR count). The number of benzene rings is 1. The minimum Gasteiger partial charge on any atom is -0.346 e. The van der Waals surface area contributed by atoms with Gasteiger partial charge in [-0.25, -0.2) is 0 Å². The summed E-state index contributed by atoms with van der Waals surface area (Å²) in [4.78, 5) is 0. The van der Waals surface area contributed by atoms with E-state index in [1.807, 2.05) is 18.3 Å². The van der Waals surface area contributed by atoms with Crippen LogP contribution in [-0.4, -0.2) is 4.57 Å². The highest BCUT2D eigenvalue weighted by molar-refractivity contribution is 9.10. The molecule has 0 aliphatic rings. The van der Waals surface area contributed by atoms with Crippen LogP contribution in [0.2, 0.25) is 0 Å². The lowest BCUT2D eigenvalue weighted by Crippen LogP contribution is -2.14. The van der Waals surface area contributed by atoms with Gasteiger partial charge in [0.1, 0.15) is 6.07 Å². The fourth-order valence-corrected chi connectivity index (χ4v) is 2.35. The third kappa shape index (κ3) is 2.53. The summed E-state index contributed by atoms with van der Waals surface area (Å²) in [7, 11) is 0. The van der Waals surface area contributed by atoms with Gasteiger partial charge in [0.25, 0.3) is 0 Å². The highest BCUT2D eigenvalue weighted by Gasteiger charge is 2.15. The molecule has 0 fully saturated rings. The van der Waals surface area contributed by atoms with Crippen molar-refractivity contribution in [2.45, 2.75) is 27.3 Å². The largest absolute Gasteiger partial charge is 0.346 e. The molecule has 0 atom stereocenters. The van der Waals surface area contributed by atoms with E-state index >= 15 is 0 Å². The minimum absolute atomic E-state index is 0.195. The molecule has 2 nitrogen and oxygen atoms in total. The molecular formula is C14H15BrN2. The second kappa shape index (κ2) is 4.19. The van der Waals surface area contributed by atoms with E-state index in [1.165, 1.54) is 0 Å². The van der Waals surface area contributed by atoms with Crippen LogP contribution in [0.15, 0.2) is 28.9 Å². The van der Waals surface area contributed by atoms with Crippen LogP contribution in [-0.2, 0) is 6.54 Å². The summed E-state index contributed by atoms with van der Waals surface area (Å²) in [5.74, 6) is 0. The van der Waals surface area contributed by atoms with Crippen LogP contribution in [0.3, 0.4) is 0 Å². The van der Waals surface area contributed by atoms with E-state index in [4.69, 9.17) is 5.26 Å². The number of halogens is 1. The first kappa shape index (κ1) is 12.2. The lowest BCUT2D eigenvalue weighted by molar-refractivity contribution is 0.349. The van der Waals surface area contributed by atoms with Crippen molar-refractivity contribution < 1.29 is 0 Å². The number of nitriles is 1. The first-order valence-electron chi connectivity index (χ1n) is 5.59. The Kier molecular flexibility index (Phi) is 3.01. The second-order valence-corrected chi connectivity index (χ2v) is 6.42. The van der Waals surface area contributed by atoms with E-state index < -0.39 is 0 Å². The molecule has 0 aliphatic heterocycles. The van der Waals surface area contributed by atoms with Crippen molar-refractivity contribution in [3.05, 3.63) is 34.4 Å². The minimum atomic E-state index is 0.195. The summed E-state index contributed by atoms with van der Waals surface area (Å²) in [5.41, 5.74) is 2.06. The average molecular weight is 291 g/mol. The summed E-state index contributed by atoms with van der Waals surface area (Å²) < 4.78 is 3.21. The Morgan fingerprint density at radius 2 is 2.06 bits per heavy atom. The molecule has 1 aromatic heterocycles. The second-order valence-electron chi connectivity index (χ2n) is 5.50. The summed E-state index contributed by atoms with van der Waals surface area (Å²) in [6.07, 6.45) is 1.95. The van der Waals surface area contributed by atoms with E-state index in [-0.39, 0.29) is 5.41 Å². The molecule has 3 heteroatoms. The maximum Gasteiger partial charge on any atom is 0.101 e. The topological polar surface area (TPSA) is 28.7 Å². The van der Waals surface area contributed by atoms with Gasteiger partial charge in [-0.15, -0.1) is 0 Å². The quantitative estimate of drug-likeness (QED) is 0.769. The van der Waals surface area contributed by atoms with Crippen LogP contribution < -0.4 is 0 Å². The molecule has 0 radical (unpaired) electrons. The zero-order chi connectivity index (χ0) is 12.6. The molecule has 0 saturated heterocycles. The Hall–Kier alpha value is -1.27. The lowest BCUT2D eigenvalue weighted by atomic mass is 9.97. The molecule has 2 aromatic rings. The predicted octanol–water partition coefficient (Wildman–Crippen LogP) is 4.32. The van der Waals surface area contributed by atoms with E-state index in [9.17, 15) is 0 Å². The predicted molar refractivity (Wildman–Crippen MR) is 73.8 cm³/mol. The Balaban J connectivity index is 2.64. The Labute approximate surface area is 110 Å². The van der Waals surface area contributed by atoms with Gasteiger partial charge >= 0.3 is 0 Å². The van der Waals surface area contributed by atoms with E-state index in [0.29, 0.717) is 0 Å². The lowest BCUT2D eigenvalue weighted by Gasteiger charge is -2.19. The Morgan fingerprint density at radius 3 is 2.65 bits per heavy atom. The maximum absolute atomic E-state index is 9.14. The maximum atomic E-state index is 9.14. The molecule has 0 amide bonds. The molecule has 0 saturated carbocycles. The van der Waals surface area contributed by atoms with Crippen LogP contribution in [0.5, 0.6) is 0 Å². The molecule has 0 spiro atoms. The van der Waals surface area contributed by atoms with Crippen molar-refractivity contribution in [2.75, 3.05) is 0 Å². The molecule has 0 bridgehead atoms. The van der Waals surface area contributed by atoms with Gasteiger partial charge in [-0.05, 0) is 17.5 Å². The number of aromatic nitrogens is 1. The average Bonchev–Trinajstić information content (AvgIpc) is 2.54. The third-order valence-corrected chi connectivity index (χ3v) is 3.10. The van der Waals surface area contributed by atoms with Crippen LogP contribution >= 0.6 is 15.9 Å². The zero-order valence-corrected chi connectivity index (χ0v) is 11.9. The molecule has 88 valence electrons. The molecule has 0 N–H and O–H groups in total. The van der Waals surface area contributed by atoms with Gasteiger partial charge in [0.05, 0.1) is 11.1 Å². The van der Waals surface area contributed by atoms with Crippen molar-refractivity contribution in [3.63, 3.8) is 0 Å². The number of rotatable bonds is 1. The molecule has 1 aromatic carbocycles. The van der Waals surface area contributed by atoms with Crippen molar-refractivity contribution in [3.8, 4) is 6.07 Å². The summed E-state index contributed by atoms with van der Waals surface area (Å²) >= 11 is 3.48. The van der Waals surface area contributed by atoms with Crippen molar-refractivity contribution in [1.82, 2.24) is 4.57 Å². The Bertz CT molecular complexity index is 597. The monoisotopic (exact) mass is 290 g/mol. The fourth-order valence-electron chi connectivity index (χ4n) is 2.00. The highest BCUT2D eigenvalue weighted by Crippen LogP contribution is 2.27. The van der Waals surface area contributed by atoms with Crippen LogP contribution in [0.1, 0.15) is 26.3 Å². The molecular weight excluding hydrogens is 276 g/mol. The van der Waals surface area contributed by atoms with Gasteiger partial charge in [-0.2, -0.15) is 5.26 Å². The van der Waals surface area contributed by atoms with E-state index in [0.717, 1.165) is 27.5 Å². The zero-order valence-electron chi connectivity index (χ0n) is 10.3. The molecule has 0 aliphatic carbocycles. The van der Waals surface area contributed by atoms with Crippen molar-refractivity contribution in [1.29, 1.82) is 5.26 Å². The molecule has 0 unspecified atom stereocenters. The molecule has 17 heavy (non-hydrogen) atoms. The van der Waals surface area contributed by atoms with Gasteiger partial charge in [0.15, 0.2) is 0 Å². The van der Waals surface area contributed by atoms with E-state index in [2.05, 4.69) is 53.4 Å². The number of fused-ring (bicyclic) bond motifs is 1. The van der Waals surface area contributed by atoms with Crippen molar-refractivity contribution in [2.24, 2.45) is 5.41 Å².